The van der Waals surface area contributed by atoms with Gasteiger partial charge in [0.2, 0.25) is 0 Å². The molecule has 0 aliphatic heterocycles. The molecule has 472 valence electrons. The zero-order chi connectivity index (χ0) is 66.7. The topological polar surface area (TPSA) is 6.48 Å². The number of fused-ring (bicyclic) bond motifs is 6. The molecule has 0 spiro atoms. The van der Waals surface area contributed by atoms with Crippen molar-refractivity contribution in [2.75, 3.05) is 9.80 Å². The van der Waals surface area contributed by atoms with E-state index in [2.05, 4.69) is 434 Å². The van der Waals surface area contributed by atoms with E-state index in [9.17, 15) is 0 Å². The first kappa shape index (κ1) is 60.8. The Labute approximate surface area is 587 Å². The first-order valence-electron chi connectivity index (χ1n) is 34.5. The summed E-state index contributed by atoms with van der Waals surface area (Å²) in [5, 5.41) is 0. The van der Waals surface area contributed by atoms with Gasteiger partial charge in [-0.2, -0.15) is 0 Å². The Bertz CT molecular complexity index is 5410. The largest absolute Gasteiger partial charge is 0.310 e. The van der Waals surface area contributed by atoms with Crippen LogP contribution in [0.25, 0.3) is 66.8 Å². The van der Waals surface area contributed by atoms with Crippen LogP contribution in [0.3, 0.4) is 0 Å². The van der Waals surface area contributed by atoms with Crippen LogP contribution < -0.4 is 9.80 Å². The summed E-state index contributed by atoms with van der Waals surface area (Å²) in [4.78, 5) is 4.71. The molecule has 0 radical (unpaired) electrons. The Morgan fingerprint density at radius 3 is 0.890 bits per heavy atom. The average molecular weight is 1280 g/mol. The summed E-state index contributed by atoms with van der Waals surface area (Å²) in [6, 6.07) is 154. The Hall–Kier alpha value is -12.9. The second-order valence-corrected chi connectivity index (χ2v) is 25.8. The normalized spacial score (nSPS) is 12.6. The Balaban J connectivity index is 0.000000150. The number of benzene rings is 16. The van der Waals surface area contributed by atoms with Gasteiger partial charge >= 0.3 is 0 Å². The van der Waals surface area contributed by atoms with Crippen molar-refractivity contribution in [3.8, 4) is 66.8 Å². The van der Waals surface area contributed by atoms with Gasteiger partial charge in [-0.15, -0.1) is 0 Å². The summed E-state index contributed by atoms with van der Waals surface area (Å²) in [6.07, 6.45) is 0. The van der Waals surface area contributed by atoms with E-state index in [4.69, 9.17) is 0 Å². The molecule has 2 heteroatoms. The highest BCUT2D eigenvalue weighted by atomic mass is 15.1. The molecule has 16 aromatic rings. The van der Waals surface area contributed by atoms with Crippen LogP contribution in [0.15, 0.2) is 425 Å². The zero-order valence-corrected chi connectivity index (χ0v) is 55.3. The summed E-state index contributed by atoms with van der Waals surface area (Å²) < 4.78 is 0. The van der Waals surface area contributed by atoms with Crippen molar-refractivity contribution < 1.29 is 0 Å². The monoisotopic (exact) mass is 1270 g/mol. The number of anilines is 6. The van der Waals surface area contributed by atoms with Gasteiger partial charge in [0.25, 0.3) is 0 Å². The molecule has 0 saturated heterocycles. The van der Waals surface area contributed by atoms with Gasteiger partial charge < -0.3 is 9.80 Å². The maximum Gasteiger partial charge on any atom is 0.0713 e. The quantitative estimate of drug-likeness (QED) is 0.107. The van der Waals surface area contributed by atoms with Crippen LogP contribution in [0.1, 0.15) is 44.5 Å². The van der Waals surface area contributed by atoms with E-state index in [1.807, 2.05) is 0 Å². The lowest BCUT2D eigenvalue weighted by Crippen LogP contribution is -2.28. The zero-order valence-electron chi connectivity index (χ0n) is 55.3. The molecule has 2 nitrogen and oxygen atoms in total. The van der Waals surface area contributed by atoms with E-state index in [1.165, 1.54) is 111 Å². The lowest BCUT2D eigenvalue weighted by molar-refractivity contribution is 0.768. The Kier molecular flexibility index (Phi) is 16.2. The summed E-state index contributed by atoms with van der Waals surface area (Å²) in [7, 11) is 0. The predicted octanol–water partition coefficient (Wildman–Crippen LogP) is 25.7. The van der Waals surface area contributed by atoms with Gasteiger partial charge in [0.15, 0.2) is 0 Å². The molecule has 0 amide bonds. The molecule has 0 N–H and O–H groups in total. The van der Waals surface area contributed by atoms with Crippen LogP contribution in [0.2, 0.25) is 0 Å². The first-order valence-corrected chi connectivity index (χ1v) is 34.5. The van der Waals surface area contributed by atoms with Crippen molar-refractivity contribution in [2.45, 2.75) is 10.8 Å². The van der Waals surface area contributed by atoms with Crippen LogP contribution in [0.4, 0.5) is 34.1 Å². The highest BCUT2D eigenvalue weighted by molar-refractivity contribution is 5.92. The van der Waals surface area contributed by atoms with Crippen molar-refractivity contribution >= 4 is 34.1 Å². The molecular weight excluding hydrogens is 1210 g/mol. The first-order chi connectivity index (χ1) is 49.6. The van der Waals surface area contributed by atoms with Crippen molar-refractivity contribution in [1.29, 1.82) is 0 Å². The third-order valence-corrected chi connectivity index (χ3v) is 20.3. The van der Waals surface area contributed by atoms with Gasteiger partial charge in [-0.1, -0.05) is 352 Å². The molecule has 18 rings (SSSR count). The van der Waals surface area contributed by atoms with Crippen LogP contribution in [0.5, 0.6) is 0 Å². The second-order valence-electron chi connectivity index (χ2n) is 25.8. The SMILES string of the molecule is c1ccc(-c2ccc(N(c3ccccc3)c3cccc(-c4cccc(C5(c6ccccc6)c6ccccc6-c6ccccc65)c4)c3)cc2)cc1.c1ccc(-c2ccc(N(c3ccccc3)c3ccccc3-c3ccc(C4(c5ccccc5)c5ccccc5-c5ccccc54)cc3)cc2)cc1. The molecule has 0 unspecified atom stereocenters. The fourth-order valence-electron chi connectivity index (χ4n) is 15.9. The van der Waals surface area contributed by atoms with Crippen LogP contribution in [0, 0.1) is 0 Å². The molecule has 0 heterocycles. The number of hydrogen-bond donors (Lipinski definition) is 0. The highest BCUT2D eigenvalue weighted by Crippen LogP contribution is 2.58. The van der Waals surface area contributed by atoms with Crippen LogP contribution in [-0.2, 0) is 10.8 Å². The molecule has 100 heavy (non-hydrogen) atoms. The van der Waals surface area contributed by atoms with Crippen molar-refractivity contribution in [3.05, 3.63) is 469 Å². The minimum Gasteiger partial charge on any atom is -0.310 e. The van der Waals surface area contributed by atoms with E-state index in [0.717, 1.165) is 34.1 Å². The van der Waals surface area contributed by atoms with Gasteiger partial charge in [0, 0.05) is 34.0 Å². The van der Waals surface area contributed by atoms with Crippen LogP contribution >= 0.6 is 0 Å². The van der Waals surface area contributed by atoms with Gasteiger partial charge in [-0.25, -0.2) is 0 Å². The summed E-state index contributed by atoms with van der Waals surface area (Å²) in [5.41, 5.74) is 31.0. The fraction of sp³-hybridized carbons (Fsp3) is 0.0204. The third kappa shape index (κ3) is 10.8. The molecule has 2 aliphatic rings. The van der Waals surface area contributed by atoms with Gasteiger partial charge in [-0.3, -0.25) is 0 Å². The summed E-state index contributed by atoms with van der Waals surface area (Å²) in [5.74, 6) is 0. The fourth-order valence-corrected chi connectivity index (χ4v) is 15.9. The highest BCUT2D eigenvalue weighted by Gasteiger charge is 2.47. The number of nitrogens with zero attached hydrogens (tertiary/aromatic N) is 2. The van der Waals surface area contributed by atoms with Crippen LogP contribution in [-0.4, -0.2) is 0 Å². The lowest BCUT2D eigenvalue weighted by atomic mass is 9.67. The average Bonchev–Trinajstić information content (AvgIpc) is 1.54. The smallest absolute Gasteiger partial charge is 0.0713 e. The van der Waals surface area contributed by atoms with E-state index in [-0.39, 0.29) is 0 Å². The standard InChI is InChI=1S/2C49H35N/c1-4-16-36(17-5-1)37-30-34-42(35-31-37)50(41-20-8-3-9-21-41)48-27-15-12-22-43(48)38-28-32-40(33-29-38)49(39-18-6-2-7-19-39)46-25-13-10-23-44(46)45-24-11-14-26-47(45)49;1-4-16-36(17-5-1)37-30-32-43(33-31-37)50(42-23-8-3-9-24-42)44-25-15-19-39(35-44)38-18-14-22-41(34-38)49(40-20-6-2-7-21-40)47-28-12-10-26-45(47)46-27-11-13-29-48(46)49/h2*1-35H. The predicted molar refractivity (Wildman–Crippen MR) is 419 cm³/mol. The van der Waals surface area contributed by atoms with Crippen molar-refractivity contribution in [3.63, 3.8) is 0 Å². The Morgan fingerprint density at radius 1 is 0.150 bits per heavy atom. The van der Waals surface area contributed by atoms with E-state index < -0.39 is 10.8 Å². The molecular formula is C98H70N2. The van der Waals surface area contributed by atoms with Crippen molar-refractivity contribution in [1.82, 2.24) is 0 Å². The molecule has 0 aromatic heterocycles. The molecule has 0 atom stereocenters. The van der Waals surface area contributed by atoms with Gasteiger partial charge in [-0.05, 0) is 179 Å². The number of para-hydroxylation sites is 3. The minimum absolute atomic E-state index is 0.414. The third-order valence-electron chi connectivity index (χ3n) is 20.3. The van der Waals surface area contributed by atoms with E-state index >= 15 is 0 Å². The Morgan fingerprint density at radius 2 is 0.430 bits per heavy atom. The molecule has 0 bridgehead atoms. The maximum atomic E-state index is 2.41. The van der Waals surface area contributed by atoms with Gasteiger partial charge in [0.05, 0.1) is 16.5 Å². The molecule has 2 aliphatic carbocycles. The summed E-state index contributed by atoms with van der Waals surface area (Å²) >= 11 is 0. The molecule has 0 saturated carbocycles. The van der Waals surface area contributed by atoms with Crippen molar-refractivity contribution in [2.24, 2.45) is 0 Å². The van der Waals surface area contributed by atoms with Gasteiger partial charge in [0.1, 0.15) is 0 Å². The maximum absolute atomic E-state index is 2.41. The van der Waals surface area contributed by atoms with E-state index in [0.29, 0.717) is 0 Å². The lowest BCUT2D eigenvalue weighted by Gasteiger charge is -2.34. The molecule has 0 fully saturated rings. The number of hydrogen-bond acceptors (Lipinski definition) is 2. The molecule has 16 aromatic carbocycles. The second kappa shape index (κ2) is 26.6. The summed E-state index contributed by atoms with van der Waals surface area (Å²) in [6.45, 7) is 0. The van der Waals surface area contributed by atoms with E-state index in [1.54, 1.807) is 0 Å². The minimum atomic E-state index is -0.432. The number of rotatable bonds is 14.